The second-order valence-corrected chi connectivity index (χ2v) is 4.89. The lowest BCUT2D eigenvalue weighted by Crippen LogP contribution is -2.36. The van der Waals surface area contributed by atoms with E-state index in [1.807, 2.05) is 37.3 Å². The molecule has 0 fully saturated rings. The fourth-order valence-corrected chi connectivity index (χ4v) is 2.32. The molecule has 5 heteroatoms. The van der Waals surface area contributed by atoms with Crippen molar-refractivity contribution >= 4 is 0 Å². The van der Waals surface area contributed by atoms with Crippen molar-refractivity contribution in [2.75, 3.05) is 6.61 Å². The molecule has 0 saturated heterocycles. The van der Waals surface area contributed by atoms with Gasteiger partial charge in [-0.05, 0) is 18.9 Å². The van der Waals surface area contributed by atoms with Crippen LogP contribution in [0.15, 0.2) is 52.6 Å². The smallest absolute Gasteiger partial charge is 0.330 e. The number of nitrogens with one attached hydrogen (secondary N) is 1. The summed E-state index contributed by atoms with van der Waals surface area (Å²) in [7, 11) is 0. The lowest BCUT2D eigenvalue weighted by molar-refractivity contribution is 0.0822. The van der Waals surface area contributed by atoms with Crippen molar-refractivity contribution in [3.8, 4) is 0 Å². The number of benzene rings is 1. The molecule has 0 bridgehead atoms. The largest absolute Gasteiger partial charge is 0.361 e. The Kier molecular flexibility index (Phi) is 5.49. The first kappa shape index (κ1) is 16.0. The Balaban J connectivity index is 2.56. The Morgan fingerprint density at radius 3 is 2.64 bits per heavy atom. The van der Waals surface area contributed by atoms with Crippen LogP contribution < -0.4 is 11.2 Å². The number of allylic oxidation sites excluding steroid dienone is 1. The van der Waals surface area contributed by atoms with Gasteiger partial charge in [0.2, 0.25) is 0 Å². The van der Waals surface area contributed by atoms with E-state index in [4.69, 9.17) is 4.74 Å². The van der Waals surface area contributed by atoms with Crippen LogP contribution >= 0.6 is 0 Å². The number of hydrogen-bond acceptors (Lipinski definition) is 3. The van der Waals surface area contributed by atoms with Crippen molar-refractivity contribution in [1.29, 1.82) is 0 Å². The van der Waals surface area contributed by atoms with Crippen LogP contribution in [0.25, 0.3) is 0 Å². The number of H-pyrrole nitrogens is 1. The van der Waals surface area contributed by atoms with Crippen LogP contribution in [0.4, 0.5) is 0 Å². The van der Waals surface area contributed by atoms with Gasteiger partial charge >= 0.3 is 5.69 Å². The zero-order valence-corrected chi connectivity index (χ0v) is 12.7. The zero-order valence-electron chi connectivity index (χ0n) is 12.7. The molecule has 0 aliphatic rings. The predicted molar refractivity (Wildman–Crippen MR) is 86.1 cm³/mol. The van der Waals surface area contributed by atoms with E-state index in [-0.39, 0.29) is 12.3 Å². The maximum absolute atomic E-state index is 12.1. The molecule has 1 N–H and O–H groups in total. The van der Waals surface area contributed by atoms with Crippen LogP contribution in [0, 0.1) is 0 Å². The van der Waals surface area contributed by atoms with E-state index in [0.29, 0.717) is 30.7 Å². The molecule has 0 aliphatic carbocycles. The van der Waals surface area contributed by atoms with Crippen molar-refractivity contribution in [2.24, 2.45) is 0 Å². The zero-order chi connectivity index (χ0) is 15.9. The number of ether oxygens (including phenoxy) is 1. The fraction of sp³-hybridized carbons (Fsp3) is 0.294. The van der Waals surface area contributed by atoms with Crippen LogP contribution in [-0.2, 0) is 24.3 Å². The number of aromatic amines is 1. The molecule has 2 rings (SSSR count). The highest BCUT2D eigenvalue weighted by Crippen LogP contribution is 2.11. The molecule has 0 amide bonds. The average molecular weight is 300 g/mol. The van der Waals surface area contributed by atoms with Crippen molar-refractivity contribution < 1.29 is 4.74 Å². The minimum atomic E-state index is -0.447. The molecule has 0 radical (unpaired) electrons. The van der Waals surface area contributed by atoms with Gasteiger partial charge in [0.1, 0.15) is 6.73 Å². The predicted octanol–water partition coefficient (Wildman–Crippen LogP) is 1.85. The first-order valence-electron chi connectivity index (χ1n) is 7.24. The van der Waals surface area contributed by atoms with E-state index < -0.39 is 5.69 Å². The molecule has 0 unspecified atom stereocenters. The van der Waals surface area contributed by atoms with Crippen molar-refractivity contribution in [1.82, 2.24) is 9.55 Å². The monoisotopic (exact) mass is 300 g/mol. The lowest BCUT2D eigenvalue weighted by atomic mass is 10.0. The molecule has 22 heavy (non-hydrogen) atoms. The third kappa shape index (κ3) is 3.62. The molecular formula is C17H20N2O3. The van der Waals surface area contributed by atoms with Crippen LogP contribution in [0.2, 0.25) is 0 Å². The van der Waals surface area contributed by atoms with E-state index in [9.17, 15) is 9.59 Å². The van der Waals surface area contributed by atoms with Gasteiger partial charge in [-0.25, -0.2) is 4.79 Å². The number of nitrogens with zero attached hydrogens (tertiary/aromatic N) is 1. The minimum Gasteiger partial charge on any atom is -0.361 e. The van der Waals surface area contributed by atoms with Gasteiger partial charge < -0.3 is 4.74 Å². The van der Waals surface area contributed by atoms with Crippen molar-refractivity contribution in [2.45, 2.75) is 26.5 Å². The van der Waals surface area contributed by atoms with Gasteiger partial charge in [0.05, 0.1) is 0 Å². The minimum absolute atomic E-state index is 0.123. The van der Waals surface area contributed by atoms with Crippen LogP contribution in [0.1, 0.15) is 23.7 Å². The van der Waals surface area contributed by atoms with Crippen molar-refractivity contribution in [3.05, 3.63) is 80.6 Å². The number of aromatic nitrogens is 2. The molecule has 0 saturated carbocycles. The first-order valence-corrected chi connectivity index (χ1v) is 7.24. The van der Waals surface area contributed by atoms with Gasteiger partial charge in [-0.1, -0.05) is 36.4 Å². The number of rotatable bonds is 7. The summed E-state index contributed by atoms with van der Waals surface area (Å²) in [5.74, 6) is 0. The van der Waals surface area contributed by atoms with Gasteiger partial charge in [-0.3, -0.25) is 14.3 Å². The maximum Gasteiger partial charge on any atom is 0.330 e. The molecule has 0 spiro atoms. The summed E-state index contributed by atoms with van der Waals surface area (Å²) < 4.78 is 6.85. The summed E-state index contributed by atoms with van der Waals surface area (Å²) in [6, 6.07) is 9.73. The second kappa shape index (κ2) is 7.56. The van der Waals surface area contributed by atoms with Crippen LogP contribution in [-0.4, -0.2) is 16.2 Å². The molecule has 0 aliphatic heterocycles. The molecule has 5 nitrogen and oxygen atoms in total. The second-order valence-electron chi connectivity index (χ2n) is 4.89. The highest BCUT2D eigenvalue weighted by Gasteiger charge is 2.14. The summed E-state index contributed by atoms with van der Waals surface area (Å²) in [6.45, 7) is 6.16. The standard InChI is InChI=1S/C17H20N2O3/c1-3-8-14-15(11-13-9-6-5-7-10-13)19(12-22-4-2)17(21)18-16(14)20/h3,5-7,9-10H,1,4,8,11-12H2,2H3,(H,18,20,21). The summed E-state index contributed by atoms with van der Waals surface area (Å²) in [5, 5.41) is 0. The van der Waals surface area contributed by atoms with E-state index in [0.717, 1.165) is 5.56 Å². The van der Waals surface area contributed by atoms with E-state index in [1.165, 1.54) is 4.57 Å². The Bertz CT molecular complexity index is 745. The molecule has 1 aromatic heterocycles. The normalized spacial score (nSPS) is 10.6. The Morgan fingerprint density at radius 2 is 2.00 bits per heavy atom. The van der Waals surface area contributed by atoms with Crippen molar-refractivity contribution in [3.63, 3.8) is 0 Å². The average Bonchev–Trinajstić information content (AvgIpc) is 2.51. The van der Waals surface area contributed by atoms with Gasteiger partial charge in [0.25, 0.3) is 5.56 Å². The molecule has 1 aromatic carbocycles. The van der Waals surface area contributed by atoms with E-state index >= 15 is 0 Å². The Morgan fingerprint density at radius 1 is 1.27 bits per heavy atom. The third-order valence-corrected chi connectivity index (χ3v) is 3.40. The summed E-state index contributed by atoms with van der Waals surface area (Å²) in [5.41, 5.74) is 1.45. The van der Waals surface area contributed by atoms with Gasteiger partial charge in [0, 0.05) is 24.3 Å². The topological polar surface area (TPSA) is 64.1 Å². The van der Waals surface area contributed by atoms with E-state index in [1.54, 1.807) is 6.08 Å². The number of hydrogen-bond donors (Lipinski definition) is 1. The Labute approximate surface area is 128 Å². The quantitative estimate of drug-likeness (QED) is 0.794. The summed E-state index contributed by atoms with van der Waals surface area (Å²) in [6.07, 6.45) is 2.56. The molecule has 2 aromatic rings. The molecular weight excluding hydrogens is 280 g/mol. The molecule has 1 heterocycles. The lowest BCUT2D eigenvalue weighted by Gasteiger charge is -2.15. The highest BCUT2D eigenvalue weighted by atomic mass is 16.5. The van der Waals surface area contributed by atoms with E-state index in [2.05, 4.69) is 11.6 Å². The van der Waals surface area contributed by atoms with Crippen LogP contribution in [0.3, 0.4) is 0 Å². The van der Waals surface area contributed by atoms with Gasteiger partial charge in [0.15, 0.2) is 0 Å². The van der Waals surface area contributed by atoms with Crippen LogP contribution in [0.5, 0.6) is 0 Å². The fourth-order valence-electron chi connectivity index (χ4n) is 2.32. The van der Waals surface area contributed by atoms with Gasteiger partial charge in [-0.2, -0.15) is 0 Å². The maximum atomic E-state index is 12.1. The summed E-state index contributed by atoms with van der Waals surface area (Å²) in [4.78, 5) is 26.6. The summed E-state index contributed by atoms with van der Waals surface area (Å²) >= 11 is 0. The molecule has 116 valence electrons. The first-order chi connectivity index (χ1) is 10.7. The molecule has 0 atom stereocenters. The highest BCUT2D eigenvalue weighted by molar-refractivity contribution is 5.28. The van der Waals surface area contributed by atoms with Gasteiger partial charge in [-0.15, -0.1) is 6.58 Å². The Hall–Kier alpha value is -2.40. The SMILES string of the molecule is C=CCc1c(Cc2ccccc2)n(COCC)c(=O)[nH]c1=O. The third-order valence-electron chi connectivity index (χ3n) is 3.40.